The van der Waals surface area contributed by atoms with Gasteiger partial charge in [-0.25, -0.2) is 0 Å². The van der Waals surface area contributed by atoms with Gasteiger partial charge in [-0.1, -0.05) is 31.2 Å². The molecule has 4 atom stereocenters. The lowest BCUT2D eigenvalue weighted by atomic mass is 9.79. The molecular weight excluding hydrogens is 250 g/mol. The summed E-state index contributed by atoms with van der Waals surface area (Å²) in [4.78, 5) is 0. The number of hydrogen-bond donors (Lipinski definition) is 1. The van der Waals surface area contributed by atoms with Crippen molar-refractivity contribution >= 4 is 0 Å². The number of fused-ring (bicyclic) bond motifs is 1. The molecule has 0 saturated carbocycles. The zero-order valence-corrected chi connectivity index (χ0v) is 12.3. The Kier molecular flexibility index (Phi) is 4.39. The Morgan fingerprint density at radius 1 is 1.25 bits per heavy atom. The topological polar surface area (TPSA) is 44.5 Å². The summed E-state index contributed by atoms with van der Waals surface area (Å²) in [6.07, 6.45) is 4.95. The Labute approximate surface area is 121 Å². The molecule has 1 aromatic carbocycles. The van der Waals surface area contributed by atoms with E-state index >= 15 is 0 Å². The lowest BCUT2D eigenvalue weighted by Crippen LogP contribution is -2.37. The largest absolute Gasteiger partial charge is 0.376 e. The molecular formula is C17H25NO2. The predicted octanol–water partition coefficient (Wildman–Crippen LogP) is 3.15. The van der Waals surface area contributed by atoms with E-state index in [1.165, 1.54) is 24.0 Å². The molecule has 3 rings (SSSR count). The van der Waals surface area contributed by atoms with Gasteiger partial charge in [0.05, 0.1) is 24.9 Å². The van der Waals surface area contributed by atoms with Crippen molar-refractivity contribution in [2.24, 2.45) is 5.73 Å². The van der Waals surface area contributed by atoms with Gasteiger partial charge in [-0.05, 0) is 42.7 Å². The second-order valence-corrected chi connectivity index (χ2v) is 6.15. The highest BCUT2D eigenvalue weighted by Crippen LogP contribution is 2.37. The highest BCUT2D eigenvalue weighted by molar-refractivity contribution is 5.35. The first kappa shape index (κ1) is 14.1. The lowest BCUT2D eigenvalue weighted by molar-refractivity contribution is -0.0730. The summed E-state index contributed by atoms with van der Waals surface area (Å²) in [6.45, 7) is 3.83. The molecule has 3 heteroatoms. The van der Waals surface area contributed by atoms with E-state index in [0.717, 1.165) is 19.4 Å². The Morgan fingerprint density at radius 3 is 2.80 bits per heavy atom. The van der Waals surface area contributed by atoms with Crippen molar-refractivity contribution in [2.75, 3.05) is 13.2 Å². The summed E-state index contributed by atoms with van der Waals surface area (Å²) in [6, 6.07) is 8.49. The smallest absolute Gasteiger partial charge is 0.0808 e. The summed E-state index contributed by atoms with van der Waals surface area (Å²) in [5.74, 6) is 0.517. The number of nitrogens with two attached hydrogens (primary N) is 1. The molecule has 3 nitrogen and oxygen atoms in total. The van der Waals surface area contributed by atoms with Crippen molar-refractivity contribution in [3.8, 4) is 0 Å². The number of ether oxygens (including phenoxy) is 2. The molecule has 1 saturated heterocycles. The normalized spacial score (nSPS) is 33.7. The van der Waals surface area contributed by atoms with Gasteiger partial charge >= 0.3 is 0 Å². The van der Waals surface area contributed by atoms with Gasteiger partial charge in [0.15, 0.2) is 0 Å². The van der Waals surface area contributed by atoms with Crippen LogP contribution >= 0.6 is 0 Å². The molecule has 0 spiro atoms. The second-order valence-electron chi connectivity index (χ2n) is 6.15. The summed E-state index contributed by atoms with van der Waals surface area (Å²) in [7, 11) is 0. The Bertz CT molecular complexity index is 442. The van der Waals surface area contributed by atoms with Gasteiger partial charge in [0.1, 0.15) is 0 Å². The molecule has 20 heavy (non-hydrogen) atoms. The summed E-state index contributed by atoms with van der Waals surface area (Å²) in [5.41, 5.74) is 9.04. The molecule has 1 aliphatic heterocycles. The van der Waals surface area contributed by atoms with Gasteiger partial charge in [0.25, 0.3) is 0 Å². The zero-order valence-electron chi connectivity index (χ0n) is 12.3. The quantitative estimate of drug-likeness (QED) is 0.921. The maximum absolute atomic E-state index is 6.40. The maximum Gasteiger partial charge on any atom is 0.0808 e. The van der Waals surface area contributed by atoms with Crippen LogP contribution < -0.4 is 5.73 Å². The molecule has 1 aliphatic carbocycles. The van der Waals surface area contributed by atoms with Gasteiger partial charge in [-0.3, -0.25) is 0 Å². The minimum absolute atomic E-state index is 0.00834. The van der Waals surface area contributed by atoms with Crippen LogP contribution in [0.1, 0.15) is 55.7 Å². The van der Waals surface area contributed by atoms with Gasteiger partial charge in [-0.2, -0.15) is 0 Å². The maximum atomic E-state index is 6.40. The van der Waals surface area contributed by atoms with E-state index < -0.39 is 0 Å². The van der Waals surface area contributed by atoms with Crippen molar-refractivity contribution in [2.45, 2.75) is 56.8 Å². The van der Waals surface area contributed by atoms with E-state index in [-0.39, 0.29) is 18.2 Å². The second kappa shape index (κ2) is 6.25. The van der Waals surface area contributed by atoms with Gasteiger partial charge < -0.3 is 15.2 Å². The predicted molar refractivity (Wildman–Crippen MR) is 79.7 cm³/mol. The molecule has 0 amide bonds. The molecule has 2 aliphatic rings. The fraction of sp³-hybridized carbons (Fsp3) is 0.647. The van der Waals surface area contributed by atoms with Gasteiger partial charge in [-0.15, -0.1) is 0 Å². The molecule has 0 bridgehead atoms. The van der Waals surface area contributed by atoms with Crippen molar-refractivity contribution in [1.29, 1.82) is 0 Å². The SMILES string of the molecule is CC1CC(OCC2CCCCO2)C(N)c2ccccc21. The van der Waals surface area contributed by atoms with E-state index in [2.05, 4.69) is 31.2 Å². The standard InChI is InChI=1S/C17H25NO2/c1-12-10-16(20-11-13-6-4-5-9-19-13)17(18)15-8-3-2-7-14(12)15/h2-3,7-8,12-13,16-17H,4-6,9-11,18H2,1H3. The molecule has 1 fully saturated rings. The fourth-order valence-corrected chi connectivity index (χ4v) is 3.43. The molecule has 0 aromatic heterocycles. The van der Waals surface area contributed by atoms with Crippen LogP contribution in [-0.2, 0) is 9.47 Å². The first-order valence-corrected chi connectivity index (χ1v) is 7.83. The Balaban J connectivity index is 1.63. The zero-order chi connectivity index (χ0) is 13.9. The highest BCUT2D eigenvalue weighted by Gasteiger charge is 2.31. The van der Waals surface area contributed by atoms with Crippen LogP contribution in [0.4, 0.5) is 0 Å². The third-order valence-electron chi connectivity index (χ3n) is 4.64. The fourth-order valence-electron chi connectivity index (χ4n) is 3.43. The monoisotopic (exact) mass is 275 g/mol. The van der Waals surface area contributed by atoms with Crippen molar-refractivity contribution in [3.63, 3.8) is 0 Å². The van der Waals surface area contributed by atoms with E-state index in [4.69, 9.17) is 15.2 Å². The average Bonchev–Trinajstić information content (AvgIpc) is 2.50. The summed E-state index contributed by atoms with van der Waals surface area (Å²) >= 11 is 0. The third-order valence-corrected chi connectivity index (χ3v) is 4.64. The molecule has 1 heterocycles. The van der Waals surface area contributed by atoms with Gasteiger partial charge in [0, 0.05) is 6.61 Å². The van der Waals surface area contributed by atoms with E-state index in [1.807, 2.05) is 0 Å². The van der Waals surface area contributed by atoms with Crippen LogP contribution in [0.3, 0.4) is 0 Å². The van der Waals surface area contributed by atoms with Crippen LogP contribution in [0.5, 0.6) is 0 Å². The van der Waals surface area contributed by atoms with Crippen LogP contribution in [0.25, 0.3) is 0 Å². The first-order chi connectivity index (χ1) is 9.75. The molecule has 2 N–H and O–H groups in total. The summed E-state index contributed by atoms with van der Waals surface area (Å²) < 4.78 is 11.8. The van der Waals surface area contributed by atoms with Crippen molar-refractivity contribution in [3.05, 3.63) is 35.4 Å². The third kappa shape index (κ3) is 2.90. The Hall–Kier alpha value is -0.900. The van der Waals surface area contributed by atoms with E-state index in [1.54, 1.807) is 0 Å². The van der Waals surface area contributed by atoms with Crippen LogP contribution in [-0.4, -0.2) is 25.4 Å². The Morgan fingerprint density at radius 2 is 2.05 bits per heavy atom. The minimum atomic E-state index is -0.00834. The van der Waals surface area contributed by atoms with Crippen LogP contribution in [0.15, 0.2) is 24.3 Å². The van der Waals surface area contributed by atoms with Crippen molar-refractivity contribution in [1.82, 2.24) is 0 Å². The number of benzene rings is 1. The summed E-state index contributed by atoms with van der Waals surface area (Å²) in [5, 5.41) is 0. The average molecular weight is 275 g/mol. The van der Waals surface area contributed by atoms with E-state index in [9.17, 15) is 0 Å². The molecule has 4 unspecified atom stereocenters. The molecule has 1 aromatic rings. The van der Waals surface area contributed by atoms with Crippen LogP contribution in [0, 0.1) is 0 Å². The highest BCUT2D eigenvalue weighted by atomic mass is 16.5. The molecule has 110 valence electrons. The van der Waals surface area contributed by atoms with Crippen LogP contribution in [0.2, 0.25) is 0 Å². The number of hydrogen-bond acceptors (Lipinski definition) is 3. The lowest BCUT2D eigenvalue weighted by Gasteiger charge is -2.35. The van der Waals surface area contributed by atoms with E-state index in [0.29, 0.717) is 12.5 Å². The van der Waals surface area contributed by atoms with Crippen molar-refractivity contribution < 1.29 is 9.47 Å². The molecule has 0 radical (unpaired) electrons. The first-order valence-electron chi connectivity index (χ1n) is 7.83. The number of rotatable bonds is 3. The minimum Gasteiger partial charge on any atom is -0.376 e. The van der Waals surface area contributed by atoms with Gasteiger partial charge in [0.2, 0.25) is 0 Å².